The van der Waals surface area contributed by atoms with E-state index in [1.54, 1.807) is 6.92 Å². The average molecular weight is 347 g/mol. The lowest BCUT2D eigenvalue weighted by Crippen LogP contribution is -2.31. The molecule has 0 aliphatic heterocycles. The van der Waals surface area contributed by atoms with Crippen LogP contribution in [-0.2, 0) is 11.2 Å². The molecule has 1 N–H and O–H groups in total. The zero-order valence-corrected chi connectivity index (χ0v) is 15.4. The number of carbonyl (C=O) groups excluding carboxylic acids is 1. The Morgan fingerprint density at radius 2 is 1.65 bits per heavy atom. The summed E-state index contributed by atoms with van der Waals surface area (Å²) < 4.78 is 5.86. The molecule has 1 aliphatic carbocycles. The van der Waals surface area contributed by atoms with Crippen molar-refractivity contribution in [3.05, 3.63) is 65.2 Å². The molecule has 1 atom stereocenters. The van der Waals surface area contributed by atoms with Crippen LogP contribution in [0.1, 0.15) is 49.8 Å². The zero-order valence-electron chi connectivity index (χ0n) is 15.4. The van der Waals surface area contributed by atoms with Crippen molar-refractivity contribution in [3.63, 3.8) is 0 Å². The molecule has 2 aromatic rings. The number of nitrogens with one attached hydrogen (secondary N) is 1. The first-order valence-corrected chi connectivity index (χ1v) is 9.23. The zero-order chi connectivity index (χ0) is 18.4. The van der Waals surface area contributed by atoms with Crippen LogP contribution in [0.2, 0.25) is 0 Å². The van der Waals surface area contributed by atoms with Gasteiger partial charge in [0, 0.05) is 24.1 Å². The quantitative estimate of drug-likeness (QED) is 0.828. The Morgan fingerprint density at radius 3 is 2.15 bits per heavy atom. The van der Waals surface area contributed by atoms with E-state index in [1.165, 1.54) is 24.8 Å². The van der Waals surface area contributed by atoms with Crippen molar-refractivity contribution in [1.29, 1.82) is 0 Å². The van der Waals surface area contributed by atoms with Gasteiger partial charge in [-0.2, -0.15) is 0 Å². The molecule has 134 valence electrons. The Hall–Kier alpha value is -2.73. The summed E-state index contributed by atoms with van der Waals surface area (Å²) >= 11 is 0. The normalized spacial score (nSPS) is 14.5. The Kier molecular flexibility index (Phi) is 5.96. The molecule has 1 fully saturated rings. The first-order chi connectivity index (χ1) is 12.6. The summed E-state index contributed by atoms with van der Waals surface area (Å²) in [5.41, 5.74) is 3.15. The maximum absolute atomic E-state index is 11.1. The van der Waals surface area contributed by atoms with Gasteiger partial charge in [0.1, 0.15) is 5.75 Å². The Morgan fingerprint density at radius 1 is 1.08 bits per heavy atom. The van der Waals surface area contributed by atoms with E-state index in [-0.39, 0.29) is 11.9 Å². The van der Waals surface area contributed by atoms with E-state index < -0.39 is 0 Å². The summed E-state index contributed by atoms with van der Waals surface area (Å²) in [4.78, 5) is 11.1. The fourth-order valence-electron chi connectivity index (χ4n) is 2.92. The number of rotatable bonds is 5. The highest BCUT2D eigenvalue weighted by molar-refractivity contribution is 5.73. The molecular formula is C23H25NO2. The van der Waals surface area contributed by atoms with E-state index in [1.807, 2.05) is 43.3 Å². The monoisotopic (exact) mass is 347 g/mol. The number of benzene rings is 2. The van der Waals surface area contributed by atoms with E-state index in [4.69, 9.17) is 4.74 Å². The minimum absolute atomic E-state index is 0.00379. The Labute approximate surface area is 155 Å². The average Bonchev–Trinajstić information content (AvgIpc) is 2.58. The van der Waals surface area contributed by atoms with Crippen molar-refractivity contribution in [2.45, 2.75) is 51.7 Å². The third kappa shape index (κ3) is 5.39. The van der Waals surface area contributed by atoms with E-state index in [0.717, 1.165) is 23.3 Å². The number of hydrogen-bond donors (Lipinski definition) is 1. The van der Waals surface area contributed by atoms with Gasteiger partial charge in [-0.05, 0) is 74.6 Å². The molecule has 3 nitrogen and oxygen atoms in total. The van der Waals surface area contributed by atoms with E-state index in [2.05, 4.69) is 29.3 Å². The van der Waals surface area contributed by atoms with Crippen molar-refractivity contribution < 1.29 is 9.53 Å². The molecule has 0 heterocycles. The van der Waals surface area contributed by atoms with Crippen molar-refractivity contribution in [2.75, 3.05) is 0 Å². The molecule has 0 bridgehead atoms. The van der Waals surface area contributed by atoms with Gasteiger partial charge >= 0.3 is 0 Å². The first-order valence-electron chi connectivity index (χ1n) is 9.23. The van der Waals surface area contributed by atoms with Gasteiger partial charge in [-0.15, -0.1) is 0 Å². The maximum atomic E-state index is 11.1. The minimum Gasteiger partial charge on any atom is -0.490 e. The number of ether oxygens (including phenoxy) is 1. The molecule has 0 spiro atoms. The number of hydrogen-bond acceptors (Lipinski definition) is 2. The van der Waals surface area contributed by atoms with Gasteiger partial charge in [-0.1, -0.05) is 24.0 Å². The summed E-state index contributed by atoms with van der Waals surface area (Å²) in [5.74, 6) is 7.32. The van der Waals surface area contributed by atoms with Gasteiger partial charge < -0.3 is 10.1 Å². The summed E-state index contributed by atoms with van der Waals surface area (Å²) in [7, 11) is 0. The molecule has 1 amide bonds. The van der Waals surface area contributed by atoms with Crippen LogP contribution < -0.4 is 10.1 Å². The topological polar surface area (TPSA) is 38.3 Å². The summed E-state index contributed by atoms with van der Waals surface area (Å²) in [6.07, 6.45) is 4.83. The number of carbonyl (C=O) groups is 1. The van der Waals surface area contributed by atoms with E-state index >= 15 is 0 Å². The van der Waals surface area contributed by atoms with Gasteiger partial charge in [-0.25, -0.2) is 0 Å². The second kappa shape index (κ2) is 8.58. The van der Waals surface area contributed by atoms with Gasteiger partial charge in [-0.3, -0.25) is 4.79 Å². The summed E-state index contributed by atoms with van der Waals surface area (Å²) in [6, 6.07) is 16.3. The van der Waals surface area contributed by atoms with Crippen molar-refractivity contribution in [3.8, 4) is 17.6 Å². The third-order valence-electron chi connectivity index (χ3n) is 4.51. The third-order valence-corrected chi connectivity index (χ3v) is 4.51. The molecule has 3 heteroatoms. The highest BCUT2D eigenvalue weighted by Crippen LogP contribution is 2.25. The SMILES string of the molecule is CC(=O)NC(C)Cc1ccc(C#Cc2ccc(OC3CCC3)cc2)cc1. The van der Waals surface area contributed by atoms with Crippen LogP contribution in [-0.4, -0.2) is 18.1 Å². The van der Waals surface area contributed by atoms with Gasteiger partial charge in [0.2, 0.25) is 5.91 Å². The lowest BCUT2D eigenvalue weighted by atomic mass is 9.96. The largest absolute Gasteiger partial charge is 0.490 e. The van der Waals surface area contributed by atoms with Crippen LogP contribution in [0.5, 0.6) is 5.75 Å². The smallest absolute Gasteiger partial charge is 0.217 e. The Balaban J connectivity index is 1.56. The lowest BCUT2D eigenvalue weighted by Gasteiger charge is -2.26. The molecule has 26 heavy (non-hydrogen) atoms. The second-order valence-electron chi connectivity index (χ2n) is 6.95. The van der Waals surface area contributed by atoms with Crippen LogP contribution in [0.25, 0.3) is 0 Å². The van der Waals surface area contributed by atoms with Crippen LogP contribution in [0.3, 0.4) is 0 Å². The number of amides is 1. The summed E-state index contributed by atoms with van der Waals surface area (Å²) in [6.45, 7) is 3.55. The molecule has 0 aromatic heterocycles. The van der Waals surface area contributed by atoms with Crippen LogP contribution >= 0.6 is 0 Å². The second-order valence-corrected chi connectivity index (χ2v) is 6.95. The molecule has 0 radical (unpaired) electrons. The minimum atomic E-state index is 0.00379. The van der Waals surface area contributed by atoms with Gasteiger partial charge in [0.05, 0.1) is 6.10 Å². The van der Waals surface area contributed by atoms with Crippen LogP contribution in [0.15, 0.2) is 48.5 Å². The molecule has 1 unspecified atom stereocenters. The van der Waals surface area contributed by atoms with Crippen LogP contribution in [0.4, 0.5) is 0 Å². The van der Waals surface area contributed by atoms with Crippen LogP contribution in [0, 0.1) is 11.8 Å². The van der Waals surface area contributed by atoms with Gasteiger partial charge in [0.25, 0.3) is 0 Å². The standard InChI is InChI=1S/C23H25NO2/c1-17(24-18(2)25)16-21-10-8-19(9-11-21)6-7-20-12-14-23(15-13-20)26-22-4-3-5-22/h8-15,17,22H,3-5,16H2,1-2H3,(H,24,25). The fourth-order valence-corrected chi connectivity index (χ4v) is 2.92. The predicted molar refractivity (Wildman–Crippen MR) is 104 cm³/mol. The molecular weight excluding hydrogens is 322 g/mol. The highest BCUT2D eigenvalue weighted by atomic mass is 16.5. The van der Waals surface area contributed by atoms with Crippen molar-refractivity contribution in [2.24, 2.45) is 0 Å². The molecule has 3 rings (SSSR count). The first kappa shape index (κ1) is 18.1. The lowest BCUT2D eigenvalue weighted by molar-refractivity contribution is -0.119. The molecule has 0 saturated heterocycles. The fraction of sp³-hybridized carbons (Fsp3) is 0.348. The van der Waals surface area contributed by atoms with Crippen molar-refractivity contribution >= 4 is 5.91 Å². The molecule has 1 saturated carbocycles. The van der Waals surface area contributed by atoms with E-state index in [0.29, 0.717) is 6.10 Å². The predicted octanol–water partition coefficient (Wildman–Crippen LogP) is 4.08. The van der Waals surface area contributed by atoms with Gasteiger partial charge in [0.15, 0.2) is 0 Å². The molecule has 2 aromatic carbocycles. The molecule has 1 aliphatic rings. The Bertz CT molecular complexity index is 793. The van der Waals surface area contributed by atoms with Crippen molar-refractivity contribution in [1.82, 2.24) is 5.32 Å². The van der Waals surface area contributed by atoms with E-state index in [9.17, 15) is 4.79 Å². The highest BCUT2D eigenvalue weighted by Gasteiger charge is 2.18. The summed E-state index contributed by atoms with van der Waals surface area (Å²) in [5, 5.41) is 2.90. The maximum Gasteiger partial charge on any atom is 0.217 e.